The van der Waals surface area contributed by atoms with E-state index in [4.69, 9.17) is 11.6 Å². The Hall–Kier alpha value is -2.93. The van der Waals surface area contributed by atoms with Crippen LogP contribution in [0.1, 0.15) is 15.9 Å². The van der Waals surface area contributed by atoms with Crippen LogP contribution in [0.4, 0.5) is 5.69 Å². The Morgan fingerprint density at radius 1 is 1.27 bits per heavy atom. The smallest absolute Gasteiger partial charge is 0.278 e. The van der Waals surface area contributed by atoms with Gasteiger partial charge in [0.2, 0.25) is 0 Å². The predicted octanol–water partition coefficient (Wildman–Crippen LogP) is 2.72. The molecule has 0 radical (unpaired) electrons. The normalized spacial score (nSPS) is 10.6. The molecule has 0 heterocycles. The van der Waals surface area contributed by atoms with Gasteiger partial charge in [0.05, 0.1) is 16.7 Å². The van der Waals surface area contributed by atoms with Gasteiger partial charge in [0, 0.05) is 16.7 Å². The lowest BCUT2D eigenvalue weighted by molar-refractivity contribution is -0.385. The topological polar surface area (TPSA) is 105 Å². The van der Waals surface area contributed by atoms with Crippen molar-refractivity contribution >= 4 is 29.4 Å². The van der Waals surface area contributed by atoms with Crippen LogP contribution in [-0.4, -0.2) is 22.2 Å². The van der Waals surface area contributed by atoms with Crippen molar-refractivity contribution in [2.24, 2.45) is 5.10 Å². The first kappa shape index (κ1) is 15.5. The number of phenols is 1. The maximum absolute atomic E-state index is 11.8. The highest BCUT2D eigenvalue weighted by atomic mass is 35.5. The Kier molecular flexibility index (Phi) is 4.70. The van der Waals surface area contributed by atoms with Gasteiger partial charge < -0.3 is 5.11 Å². The molecular formula is C14H10ClN3O4. The Morgan fingerprint density at radius 2 is 1.95 bits per heavy atom. The van der Waals surface area contributed by atoms with Gasteiger partial charge in [-0.15, -0.1) is 0 Å². The van der Waals surface area contributed by atoms with Crippen molar-refractivity contribution in [3.05, 3.63) is 68.7 Å². The first-order valence-corrected chi connectivity index (χ1v) is 6.41. The van der Waals surface area contributed by atoms with Crippen molar-refractivity contribution in [3.8, 4) is 5.75 Å². The standard InChI is InChI=1S/C14H10ClN3O4/c15-11-3-1-9(2-4-11)14(20)17-16-8-10-7-12(19)5-6-13(10)18(21)22/h1-8,19H,(H,17,20)/b16-8+. The number of amides is 1. The number of aromatic hydroxyl groups is 1. The number of nitrogens with zero attached hydrogens (tertiary/aromatic N) is 2. The fraction of sp³-hybridized carbons (Fsp3) is 0. The molecule has 2 rings (SSSR count). The zero-order valence-electron chi connectivity index (χ0n) is 11.1. The maximum Gasteiger partial charge on any atom is 0.278 e. The fourth-order valence-electron chi connectivity index (χ4n) is 1.64. The van der Waals surface area contributed by atoms with Crippen LogP contribution >= 0.6 is 11.6 Å². The average Bonchev–Trinajstić information content (AvgIpc) is 2.47. The minimum atomic E-state index is -0.609. The Bertz CT molecular complexity index is 744. The van der Waals surface area contributed by atoms with E-state index in [2.05, 4.69) is 10.5 Å². The summed E-state index contributed by atoms with van der Waals surface area (Å²) in [6, 6.07) is 9.67. The first-order chi connectivity index (χ1) is 10.5. The molecule has 0 saturated heterocycles. The largest absolute Gasteiger partial charge is 0.508 e. The number of phenolic OH excluding ortho intramolecular Hbond substituents is 1. The monoisotopic (exact) mass is 319 g/mol. The van der Waals surface area contributed by atoms with Crippen LogP contribution in [0.15, 0.2) is 47.6 Å². The number of nitrogens with one attached hydrogen (secondary N) is 1. The molecule has 2 N–H and O–H groups in total. The summed E-state index contributed by atoms with van der Waals surface area (Å²) in [5, 5.41) is 24.3. The number of halogens is 1. The summed E-state index contributed by atoms with van der Waals surface area (Å²) in [5.41, 5.74) is 2.41. The minimum absolute atomic E-state index is 0.0707. The van der Waals surface area contributed by atoms with Crippen molar-refractivity contribution in [3.63, 3.8) is 0 Å². The molecule has 0 aliphatic rings. The van der Waals surface area contributed by atoms with Gasteiger partial charge in [0.15, 0.2) is 0 Å². The second-order valence-electron chi connectivity index (χ2n) is 4.21. The molecule has 1 amide bonds. The van der Waals surface area contributed by atoms with Gasteiger partial charge in [-0.2, -0.15) is 5.10 Å². The predicted molar refractivity (Wildman–Crippen MR) is 81.3 cm³/mol. The molecule has 8 heteroatoms. The molecule has 0 aliphatic heterocycles. The molecule has 0 aromatic heterocycles. The average molecular weight is 320 g/mol. The van der Waals surface area contributed by atoms with Crippen molar-refractivity contribution in [1.82, 2.24) is 5.43 Å². The van der Waals surface area contributed by atoms with Gasteiger partial charge in [0.25, 0.3) is 11.6 Å². The van der Waals surface area contributed by atoms with Crippen LogP contribution in [0, 0.1) is 10.1 Å². The van der Waals surface area contributed by atoms with Gasteiger partial charge in [-0.05, 0) is 36.4 Å². The lowest BCUT2D eigenvalue weighted by atomic mass is 10.2. The fourth-order valence-corrected chi connectivity index (χ4v) is 1.76. The number of carbonyl (C=O) groups excluding carboxylic acids is 1. The Labute approximate surface area is 130 Å². The van der Waals surface area contributed by atoms with E-state index in [-0.39, 0.29) is 17.0 Å². The maximum atomic E-state index is 11.8. The minimum Gasteiger partial charge on any atom is -0.508 e. The molecular weight excluding hydrogens is 310 g/mol. The zero-order valence-corrected chi connectivity index (χ0v) is 11.8. The number of hydrogen-bond donors (Lipinski definition) is 2. The summed E-state index contributed by atoms with van der Waals surface area (Å²) in [5.74, 6) is -0.633. The SMILES string of the molecule is O=C(N/N=C/c1cc(O)ccc1[N+](=O)[O-])c1ccc(Cl)cc1. The summed E-state index contributed by atoms with van der Waals surface area (Å²) < 4.78 is 0. The number of carbonyl (C=O) groups is 1. The summed E-state index contributed by atoms with van der Waals surface area (Å²) in [6.45, 7) is 0. The zero-order chi connectivity index (χ0) is 16.1. The molecule has 112 valence electrons. The molecule has 2 aromatic rings. The second-order valence-corrected chi connectivity index (χ2v) is 4.64. The molecule has 0 bridgehead atoms. The van der Waals surface area contributed by atoms with E-state index < -0.39 is 10.8 Å². The third-order valence-corrected chi connectivity index (χ3v) is 2.94. The third-order valence-electron chi connectivity index (χ3n) is 2.68. The van der Waals surface area contributed by atoms with Gasteiger partial charge in [-0.1, -0.05) is 11.6 Å². The van der Waals surface area contributed by atoms with Crippen molar-refractivity contribution < 1.29 is 14.8 Å². The number of hydrazone groups is 1. The molecule has 22 heavy (non-hydrogen) atoms. The van der Waals surface area contributed by atoms with E-state index in [9.17, 15) is 20.0 Å². The Morgan fingerprint density at radius 3 is 2.59 bits per heavy atom. The molecule has 0 spiro atoms. The molecule has 0 saturated carbocycles. The second kappa shape index (κ2) is 6.68. The number of benzene rings is 2. The third kappa shape index (κ3) is 3.80. The van der Waals surface area contributed by atoms with Gasteiger partial charge in [0.1, 0.15) is 5.75 Å². The number of nitro benzene ring substituents is 1. The number of nitro groups is 1. The molecule has 7 nitrogen and oxygen atoms in total. The van der Waals surface area contributed by atoms with E-state index in [1.807, 2.05) is 0 Å². The van der Waals surface area contributed by atoms with Crippen molar-refractivity contribution in [2.75, 3.05) is 0 Å². The van der Waals surface area contributed by atoms with Gasteiger partial charge in [-0.25, -0.2) is 5.43 Å². The summed E-state index contributed by atoms with van der Waals surface area (Å²) in [4.78, 5) is 22.0. The highest BCUT2D eigenvalue weighted by molar-refractivity contribution is 6.30. The Balaban J connectivity index is 2.12. The van der Waals surface area contributed by atoms with E-state index in [0.29, 0.717) is 10.6 Å². The molecule has 0 atom stereocenters. The summed E-state index contributed by atoms with van der Waals surface area (Å²) in [7, 11) is 0. The van der Waals surface area contributed by atoms with Crippen LogP contribution in [0.25, 0.3) is 0 Å². The number of hydrogen-bond acceptors (Lipinski definition) is 5. The quantitative estimate of drug-likeness (QED) is 0.513. The lowest BCUT2D eigenvalue weighted by Gasteiger charge is -2.01. The van der Waals surface area contributed by atoms with Crippen LogP contribution in [0.2, 0.25) is 5.02 Å². The van der Waals surface area contributed by atoms with Gasteiger partial charge in [-0.3, -0.25) is 14.9 Å². The lowest BCUT2D eigenvalue weighted by Crippen LogP contribution is -2.17. The molecule has 0 unspecified atom stereocenters. The van der Waals surface area contributed by atoms with Crippen molar-refractivity contribution in [1.29, 1.82) is 0 Å². The van der Waals surface area contributed by atoms with E-state index in [1.165, 1.54) is 24.3 Å². The summed E-state index contributed by atoms with van der Waals surface area (Å²) >= 11 is 5.71. The molecule has 2 aromatic carbocycles. The van der Waals surface area contributed by atoms with Crippen molar-refractivity contribution in [2.45, 2.75) is 0 Å². The molecule has 0 aliphatic carbocycles. The van der Waals surface area contributed by atoms with Crippen LogP contribution in [0.5, 0.6) is 5.75 Å². The molecule has 0 fully saturated rings. The van der Waals surface area contributed by atoms with E-state index in [0.717, 1.165) is 12.3 Å². The highest BCUT2D eigenvalue weighted by Crippen LogP contribution is 2.21. The van der Waals surface area contributed by atoms with Crippen LogP contribution in [0.3, 0.4) is 0 Å². The summed E-state index contributed by atoms with van der Waals surface area (Å²) in [6.07, 6.45) is 1.09. The number of rotatable bonds is 4. The first-order valence-electron chi connectivity index (χ1n) is 6.04. The highest BCUT2D eigenvalue weighted by Gasteiger charge is 2.12. The van der Waals surface area contributed by atoms with E-state index >= 15 is 0 Å². The van der Waals surface area contributed by atoms with Gasteiger partial charge >= 0.3 is 0 Å². The van der Waals surface area contributed by atoms with Crippen LogP contribution < -0.4 is 5.43 Å². The van der Waals surface area contributed by atoms with Crippen LogP contribution in [-0.2, 0) is 0 Å². The van der Waals surface area contributed by atoms with E-state index in [1.54, 1.807) is 12.1 Å².